The molecule has 0 aromatic heterocycles. The van der Waals surface area contributed by atoms with Gasteiger partial charge < -0.3 is 14.6 Å². The normalized spacial score (nSPS) is 15.2. The summed E-state index contributed by atoms with van der Waals surface area (Å²) in [6.45, 7) is 5.19. The maximum absolute atomic E-state index is 13.3. The van der Waals surface area contributed by atoms with E-state index < -0.39 is 48.4 Å². The van der Waals surface area contributed by atoms with Crippen molar-refractivity contribution in [3.8, 4) is 0 Å². The van der Waals surface area contributed by atoms with Crippen LogP contribution in [0, 0.1) is 5.92 Å². The molecule has 0 aromatic carbocycles. The zero-order chi connectivity index (χ0) is 18.3. The molecule has 0 bridgehead atoms. The van der Waals surface area contributed by atoms with Crippen LogP contribution in [0.25, 0.3) is 0 Å². The summed E-state index contributed by atoms with van der Waals surface area (Å²) in [5.41, 5.74) is -4.14. The minimum absolute atomic E-state index is 0.145. The molecular weight excluding hydrogens is 321 g/mol. The van der Waals surface area contributed by atoms with E-state index in [0.717, 1.165) is 0 Å². The lowest BCUT2D eigenvalue weighted by Gasteiger charge is -2.33. The fourth-order valence-electron chi connectivity index (χ4n) is 1.86. The molecule has 0 fully saturated rings. The molecule has 0 saturated heterocycles. The van der Waals surface area contributed by atoms with Crippen LogP contribution >= 0.6 is 0 Å². The highest BCUT2D eigenvalue weighted by Gasteiger charge is 2.67. The van der Waals surface area contributed by atoms with Crippen molar-refractivity contribution in [2.24, 2.45) is 5.92 Å². The third-order valence-electron chi connectivity index (χ3n) is 2.98. The molecule has 0 heterocycles. The van der Waals surface area contributed by atoms with E-state index >= 15 is 0 Å². The van der Waals surface area contributed by atoms with Crippen LogP contribution in [-0.2, 0) is 23.9 Å². The Labute approximate surface area is 131 Å². The van der Waals surface area contributed by atoms with Crippen LogP contribution in [0.15, 0.2) is 12.7 Å². The number of alkyl halides is 3. The summed E-state index contributed by atoms with van der Waals surface area (Å²) in [6, 6.07) is 0. The summed E-state index contributed by atoms with van der Waals surface area (Å²) in [7, 11) is 0. The van der Waals surface area contributed by atoms with Gasteiger partial charge in [-0.25, -0.2) is 9.59 Å². The summed E-state index contributed by atoms with van der Waals surface area (Å²) >= 11 is 0. The van der Waals surface area contributed by atoms with Gasteiger partial charge >= 0.3 is 18.1 Å². The highest BCUT2D eigenvalue weighted by molar-refractivity contribution is 6.35. The first-order chi connectivity index (χ1) is 10.6. The predicted molar refractivity (Wildman–Crippen MR) is 72.2 cm³/mol. The second-order valence-corrected chi connectivity index (χ2v) is 4.49. The van der Waals surface area contributed by atoms with Crippen molar-refractivity contribution in [1.82, 2.24) is 0 Å². The monoisotopic (exact) mass is 340 g/mol. The Hall–Kier alpha value is -1.90. The first kappa shape index (κ1) is 21.1. The fraction of sp³-hybridized carbons (Fsp3) is 0.643. The van der Waals surface area contributed by atoms with Gasteiger partial charge in [0.05, 0.1) is 19.1 Å². The molecule has 0 saturated carbocycles. The van der Waals surface area contributed by atoms with Gasteiger partial charge in [-0.1, -0.05) is 6.08 Å². The van der Waals surface area contributed by atoms with E-state index in [0.29, 0.717) is 0 Å². The van der Waals surface area contributed by atoms with Crippen LogP contribution in [0.4, 0.5) is 13.2 Å². The minimum atomic E-state index is -5.52. The van der Waals surface area contributed by atoms with Crippen LogP contribution in [-0.4, -0.2) is 47.8 Å². The average molecular weight is 340 g/mol. The molecule has 1 N–H and O–H groups in total. The van der Waals surface area contributed by atoms with Gasteiger partial charge in [-0.3, -0.25) is 4.79 Å². The van der Waals surface area contributed by atoms with E-state index in [1.165, 1.54) is 19.9 Å². The number of esters is 2. The van der Waals surface area contributed by atoms with E-state index in [4.69, 9.17) is 0 Å². The van der Waals surface area contributed by atoms with Gasteiger partial charge in [0.15, 0.2) is 0 Å². The predicted octanol–water partition coefficient (Wildman–Crippen LogP) is 1.56. The van der Waals surface area contributed by atoms with Gasteiger partial charge in [0.1, 0.15) is 0 Å². The van der Waals surface area contributed by atoms with Gasteiger partial charge in [0, 0.05) is 0 Å². The molecule has 0 radical (unpaired) electrons. The molecule has 0 rings (SSSR count). The quantitative estimate of drug-likeness (QED) is 0.389. The van der Waals surface area contributed by atoms with Gasteiger partial charge in [-0.15, -0.1) is 6.58 Å². The summed E-state index contributed by atoms with van der Waals surface area (Å²) in [6.07, 6.45) is -5.11. The third-order valence-corrected chi connectivity index (χ3v) is 2.98. The van der Waals surface area contributed by atoms with Gasteiger partial charge in [0.2, 0.25) is 5.78 Å². The van der Waals surface area contributed by atoms with Crippen molar-refractivity contribution < 1.29 is 42.1 Å². The molecule has 23 heavy (non-hydrogen) atoms. The summed E-state index contributed by atoms with van der Waals surface area (Å²) in [5.74, 6) is -7.65. The van der Waals surface area contributed by atoms with Crippen LogP contribution in [0.2, 0.25) is 0 Å². The topological polar surface area (TPSA) is 89.9 Å². The standard InChI is InChI=1S/C14H19F3O6/c1-4-7-8-9(10(18)11(19)22-5-2)13(21,14(15,16)17)12(20)23-6-3/h4,9,21H,1,5-8H2,2-3H3. The first-order valence-corrected chi connectivity index (χ1v) is 6.85. The Bertz CT molecular complexity index is 460. The fourth-order valence-corrected chi connectivity index (χ4v) is 1.86. The molecule has 132 valence electrons. The summed E-state index contributed by atoms with van der Waals surface area (Å²) in [4.78, 5) is 35.1. The lowest BCUT2D eigenvalue weighted by atomic mass is 9.80. The Kier molecular flexibility index (Phi) is 7.94. The molecule has 0 aromatic rings. The number of aliphatic hydroxyl groups is 1. The number of rotatable bonds is 9. The zero-order valence-electron chi connectivity index (χ0n) is 12.8. The SMILES string of the molecule is C=CCCC(C(=O)C(=O)OCC)C(O)(C(=O)OCC)C(F)(F)F. The highest BCUT2D eigenvalue weighted by atomic mass is 19.4. The molecule has 0 amide bonds. The maximum Gasteiger partial charge on any atom is 0.428 e. The number of carbonyl (C=O) groups is 3. The van der Waals surface area contributed by atoms with Crippen LogP contribution < -0.4 is 0 Å². The van der Waals surface area contributed by atoms with Crippen molar-refractivity contribution in [1.29, 1.82) is 0 Å². The van der Waals surface area contributed by atoms with Gasteiger partial charge in [-0.2, -0.15) is 13.2 Å². The van der Waals surface area contributed by atoms with Crippen molar-refractivity contribution in [3.63, 3.8) is 0 Å². The molecular formula is C14H19F3O6. The average Bonchev–Trinajstić information content (AvgIpc) is 2.46. The Morgan fingerprint density at radius 2 is 1.70 bits per heavy atom. The van der Waals surface area contributed by atoms with Crippen molar-refractivity contribution in [3.05, 3.63) is 12.7 Å². The van der Waals surface area contributed by atoms with Crippen LogP contribution in [0.1, 0.15) is 26.7 Å². The summed E-state index contributed by atoms with van der Waals surface area (Å²) < 4.78 is 48.5. The number of ketones is 1. The number of carbonyl (C=O) groups excluding carboxylic acids is 3. The Morgan fingerprint density at radius 3 is 2.09 bits per heavy atom. The Morgan fingerprint density at radius 1 is 1.17 bits per heavy atom. The second-order valence-electron chi connectivity index (χ2n) is 4.49. The molecule has 6 nitrogen and oxygen atoms in total. The number of Topliss-reactive ketones (excluding diaryl/α,β-unsaturated/α-hetero) is 1. The molecule has 2 unspecified atom stereocenters. The minimum Gasteiger partial charge on any atom is -0.464 e. The lowest BCUT2D eigenvalue weighted by Crippen LogP contribution is -2.61. The number of hydrogen-bond donors (Lipinski definition) is 1. The van der Waals surface area contributed by atoms with E-state index in [1.807, 2.05) is 0 Å². The number of allylic oxidation sites excluding steroid dienone is 1. The van der Waals surface area contributed by atoms with Crippen molar-refractivity contribution in [2.75, 3.05) is 13.2 Å². The van der Waals surface area contributed by atoms with E-state index in [9.17, 15) is 32.7 Å². The number of hydrogen-bond acceptors (Lipinski definition) is 6. The van der Waals surface area contributed by atoms with E-state index in [1.54, 1.807) is 0 Å². The first-order valence-electron chi connectivity index (χ1n) is 6.85. The maximum atomic E-state index is 13.3. The van der Waals surface area contributed by atoms with Gasteiger partial charge in [0.25, 0.3) is 5.60 Å². The molecule has 0 aliphatic carbocycles. The molecule has 0 aliphatic rings. The van der Waals surface area contributed by atoms with E-state index in [2.05, 4.69) is 16.1 Å². The lowest BCUT2D eigenvalue weighted by molar-refractivity contribution is -0.276. The smallest absolute Gasteiger partial charge is 0.428 e. The zero-order valence-corrected chi connectivity index (χ0v) is 12.8. The van der Waals surface area contributed by atoms with Crippen LogP contribution in [0.3, 0.4) is 0 Å². The van der Waals surface area contributed by atoms with Crippen molar-refractivity contribution >= 4 is 17.7 Å². The second kappa shape index (κ2) is 8.66. The highest BCUT2D eigenvalue weighted by Crippen LogP contribution is 2.40. The third kappa shape index (κ3) is 4.78. The van der Waals surface area contributed by atoms with Crippen LogP contribution in [0.5, 0.6) is 0 Å². The molecule has 9 heteroatoms. The van der Waals surface area contributed by atoms with E-state index in [-0.39, 0.29) is 13.0 Å². The molecule has 0 spiro atoms. The Balaban J connectivity index is 5.92. The van der Waals surface area contributed by atoms with Gasteiger partial charge in [-0.05, 0) is 26.7 Å². The number of halogens is 3. The molecule has 0 aliphatic heterocycles. The number of ether oxygens (including phenoxy) is 2. The largest absolute Gasteiger partial charge is 0.464 e. The molecule has 2 atom stereocenters. The van der Waals surface area contributed by atoms with Crippen molar-refractivity contribution in [2.45, 2.75) is 38.5 Å². The summed E-state index contributed by atoms with van der Waals surface area (Å²) in [5, 5.41) is 9.96.